The minimum Gasteiger partial charge on any atom is -0.364 e. The van der Waals surface area contributed by atoms with E-state index >= 15 is 0 Å². The van der Waals surface area contributed by atoms with Crippen molar-refractivity contribution in [3.8, 4) is 21.8 Å². The van der Waals surface area contributed by atoms with Crippen LogP contribution in [0.15, 0.2) is 81.7 Å². The van der Waals surface area contributed by atoms with Crippen molar-refractivity contribution in [1.82, 2.24) is 15.4 Å². The highest BCUT2D eigenvalue weighted by molar-refractivity contribution is 7.94. The van der Waals surface area contributed by atoms with Gasteiger partial charge in [0.15, 0.2) is 0 Å². The van der Waals surface area contributed by atoms with Crippen LogP contribution in [0.1, 0.15) is 0 Å². The zero-order chi connectivity index (χ0) is 19.8. The molecular formula is C20H14N4O3S2. The fourth-order valence-electron chi connectivity index (χ4n) is 3.04. The molecule has 5 aromatic rings. The van der Waals surface area contributed by atoms with Crippen molar-refractivity contribution in [2.75, 3.05) is 4.72 Å². The minimum absolute atomic E-state index is 0.200. The van der Waals surface area contributed by atoms with Gasteiger partial charge in [-0.05, 0) is 30.3 Å². The molecule has 9 heteroatoms. The number of anilines is 1. The molecule has 0 saturated heterocycles. The number of rotatable bonds is 5. The Labute approximate surface area is 170 Å². The van der Waals surface area contributed by atoms with E-state index in [2.05, 4.69) is 20.1 Å². The number of benzene rings is 2. The summed E-state index contributed by atoms with van der Waals surface area (Å²) in [4.78, 5) is 0.718. The molecule has 29 heavy (non-hydrogen) atoms. The molecule has 2 aromatic carbocycles. The van der Waals surface area contributed by atoms with Gasteiger partial charge in [0.1, 0.15) is 16.2 Å². The molecule has 0 fully saturated rings. The maximum Gasteiger partial charge on any atom is 0.271 e. The molecule has 144 valence electrons. The van der Waals surface area contributed by atoms with Gasteiger partial charge in [0.2, 0.25) is 0 Å². The SMILES string of the molecule is O=S(=O)(Nc1ccc2[nH]nc(-c3ccccc3)c2c1)c1ccc(-c2ccon2)s1. The summed E-state index contributed by atoms with van der Waals surface area (Å²) in [7, 11) is -3.73. The summed E-state index contributed by atoms with van der Waals surface area (Å²) in [5.74, 6) is 0. The first-order chi connectivity index (χ1) is 14.1. The number of fused-ring (bicyclic) bond motifs is 1. The maximum absolute atomic E-state index is 12.8. The summed E-state index contributed by atoms with van der Waals surface area (Å²) in [5.41, 5.74) is 3.62. The van der Waals surface area contributed by atoms with E-state index in [1.54, 1.807) is 30.3 Å². The number of hydrogen-bond acceptors (Lipinski definition) is 6. The number of aromatic amines is 1. The van der Waals surface area contributed by atoms with Crippen LogP contribution in [0.4, 0.5) is 5.69 Å². The van der Waals surface area contributed by atoms with Crippen molar-refractivity contribution in [2.24, 2.45) is 0 Å². The third-order valence-corrected chi connectivity index (χ3v) is 7.38. The first-order valence-electron chi connectivity index (χ1n) is 8.67. The Hall–Kier alpha value is -3.43. The second-order valence-corrected chi connectivity index (χ2v) is 9.30. The van der Waals surface area contributed by atoms with E-state index in [4.69, 9.17) is 4.52 Å². The summed E-state index contributed by atoms with van der Waals surface area (Å²) in [6.07, 6.45) is 1.45. The Morgan fingerprint density at radius 3 is 2.66 bits per heavy atom. The van der Waals surface area contributed by atoms with Crippen LogP contribution in [0.3, 0.4) is 0 Å². The van der Waals surface area contributed by atoms with Crippen molar-refractivity contribution >= 4 is 38.0 Å². The second kappa shape index (κ2) is 6.87. The van der Waals surface area contributed by atoms with Gasteiger partial charge in [-0.2, -0.15) is 5.10 Å². The number of H-pyrrole nitrogens is 1. The fraction of sp³-hybridized carbons (Fsp3) is 0. The number of thiophene rings is 1. The summed E-state index contributed by atoms with van der Waals surface area (Å²) in [5, 5.41) is 12.0. The largest absolute Gasteiger partial charge is 0.364 e. The van der Waals surface area contributed by atoms with Gasteiger partial charge in [0, 0.05) is 22.7 Å². The van der Waals surface area contributed by atoms with Gasteiger partial charge in [-0.15, -0.1) is 11.3 Å². The Balaban J connectivity index is 1.48. The zero-order valence-corrected chi connectivity index (χ0v) is 16.5. The van der Waals surface area contributed by atoms with E-state index < -0.39 is 10.0 Å². The molecule has 0 radical (unpaired) electrons. The molecule has 0 aliphatic rings. The number of nitrogens with one attached hydrogen (secondary N) is 2. The molecule has 0 spiro atoms. The number of hydrogen-bond donors (Lipinski definition) is 2. The monoisotopic (exact) mass is 422 g/mol. The molecule has 0 amide bonds. The predicted molar refractivity (Wildman–Crippen MR) is 112 cm³/mol. The average Bonchev–Trinajstić information content (AvgIpc) is 3.47. The van der Waals surface area contributed by atoms with E-state index in [1.165, 1.54) is 6.26 Å². The third-order valence-electron chi connectivity index (χ3n) is 4.40. The lowest BCUT2D eigenvalue weighted by molar-refractivity contribution is 0.422. The Bertz CT molecular complexity index is 1390. The predicted octanol–water partition coefficient (Wildman–Crippen LogP) is 4.75. The lowest BCUT2D eigenvalue weighted by atomic mass is 10.1. The highest BCUT2D eigenvalue weighted by atomic mass is 32.2. The average molecular weight is 422 g/mol. The van der Waals surface area contributed by atoms with E-state index in [0.717, 1.165) is 38.4 Å². The number of sulfonamides is 1. The Kier molecular flexibility index (Phi) is 4.18. The molecular weight excluding hydrogens is 408 g/mol. The van der Waals surface area contributed by atoms with Crippen molar-refractivity contribution in [1.29, 1.82) is 0 Å². The summed E-state index contributed by atoms with van der Waals surface area (Å²) >= 11 is 1.13. The fourth-order valence-corrected chi connectivity index (χ4v) is 5.36. The molecule has 0 aliphatic heterocycles. The molecule has 0 bridgehead atoms. The quantitative estimate of drug-likeness (QED) is 0.426. The van der Waals surface area contributed by atoms with Crippen LogP contribution >= 0.6 is 11.3 Å². The van der Waals surface area contributed by atoms with E-state index in [0.29, 0.717) is 11.4 Å². The van der Waals surface area contributed by atoms with Gasteiger partial charge in [-0.3, -0.25) is 9.82 Å². The number of nitrogens with zero attached hydrogens (tertiary/aromatic N) is 2. The normalized spacial score (nSPS) is 11.7. The smallest absolute Gasteiger partial charge is 0.271 e. The second-order valence-electron chi connectivity index (χ2n) is 6.31. The van der Waals surface area contributed by atoms with Gasteiger partial charge >= 0.3 is 0 Å². The van der Waals surface area contributed by atoms with Crippen molar-refractivity contribution in [3.05, 3.63) is 73.0 Å². The standard InChI is InChI=1S/C20H14N4O3S2/c25-29(26,19-9-8-18(28-19)17-10-11-27-23-17)24-14-6-7-16-15(12-14)20(22-21-16)13-4-2-1-3-5-13/h1-12,24H,(H,21,22). The molecule has 7 nitrogen and oxygen atoms in total. The van der Waals surface area contributed by atoms with E-state index in [-0.39, 0.29) is 4.21 Å². The lowest BCUT2D eigenvalue weighted by Gasteiger charge is -2.07. The molecule has 3 aromatic heterocycles. The third kappa shape index (κ3) is 3.30. The van der Waals surface area contributed by atoms with Crippen LogP contribution in [-0.4, -0.2) is 23.8 Å². The summed E-state index contributed by atoms with van der Waals surface area (Å²) < 4.78 is 33.4. The van der Waals surface area contributed by atoms with Gasteiger partial charge in [-0.25, -0.2) is 8.42 Å². The highest BCUT2D eigenvalue weighted by Crippen LogP contribution is 2.32. The molecule has 5 rings (SSSR count). The summed E-state index contributed by atoms with van der Waals surface area (Å²) in [6, 6.07) is 20.0. The minimum atomic E-state index is -3.73. The molecule has 2 N–H and O–H groups in total. The maximum atomic E-state index is 12.8. The molecule has 3 heterocycles. The van der Waals surface area contributed by atoms with Gasteiger partial charge in [0.25, 0.3) is 10.0 Å². The molecule has 0 saturated carbocycles. The Morgan fingerprint density at radius 1 is 1.00 bits per heavy atom. The van der Waals surface area contributed by atoms with Crippen molar-refractivity contribution < 1.29 is 12.9 Å². The molecule has 0 atom stereocenters. The highest BCUT2D eigenvalue weighted by Gasteiger charge is 2.19. The molecule has 0 aliphatic carbocycles. The Morgan fingerprint density at radius 2 is 1.86 bits per heavy atom. The van der Waals surface area contributed by atoms with Crippen molar-refractivity contribution in [2.45, 2.75) is 4.21 Å². The van der Waals surface area contributed by atoms with Crippen LogP contribution in [0.25, 0.3) is 32.7 Å². The topological polar surface area (TPSA) is 101 Å². The van der Waals surface area contributed by atoms with Gasteiger partial charge in [0.05, 0.1) is 16.1 Å². The first-order valence-corrected chi connectivity index (χ1v) is 11.0. The van der Waals surface area contributed by atoms with Gasteiger partial charge in [-0.1, -0.05) is 35.5 Å². The van der Waals surface area contributed by atoms with Crippen LogP contribution in [-0.2, 0) is 10.0 Å². The number of aromatic nitrogens is 3. The van der Waals surface area contributed by atoms with E-state index in [9.17, 15) is 8.42 Å². The van der Waals surface area contributed by atoms with Crippen LogP contribution in [0.5, 0.6) is 0 Å². The summed E-state index contributed by atoms with van der Waals surface area (Å²) in [6.45, 7) is 0. The van der Waals surface area contributed by atoms with Gasteiger partial charge < -0.3 is 4.52 Å². The molecule has 0 unspecified atom stereocenters. The lowest BCUT2D eigenvalue weighted by Crippen LogP contribution is -2.11. The van der Waals surface area contributed by atoms with Crippen LogP contribution < -0.4 is 4.72 Å². The van der Waals surface area contributed by atoms with E-state index in [1.807, 2.05) is 36.4 Å². The van der Waals surface area contributed by atoms with Crippen LogP contribution in [0.2, 0.25) is 0 Å². The first kappa shape index (κ1) is 17.7. The zero-order valence-electron chi connectivity index (χ0n) is 14.9. The van der Waals surface area contributed by atoms with Crippen molar-refractivity contribution in [3.63, 3.8) is 0 Å². The van der Waals surface area contributed by atoms with Crippen LogP contribution in [0, 0.1) is 0 Å².